The minimum absolute atomic E-state index is 0.529. The fraction of sp³-hybridized carbons (Fsp3) is 0.300. The molecule has 0 aliphatic heterocycles. The molecule has 0 saturated carbocycles. The average molecular weight is 232 g/mol. The highest BCUT2D eigenvalue weighted by atomic mass is 35.5. The van der Waals surface area contributed by atoms with E-state index in [4.69, 9.17) is 28.0 Å². The van der Waals surface area contributed by atoms with Crippen molar-refractivity contribution >= 4 is 28.9 Å². The zero-order valence-corrected chi connectivity index (χ0v) is 9.56. The monoisotopic (exact) mass is 231 g/mol. The summed E-state index contributed by atoms with van der Waals surface area (Å²) in [4.78, 5) is 4.73. The van der Waals surface area contributed by atoms with Gasteiger partial charge in [-0.25, -0.2) is 0 Å². The number of rotatable bonds is 3. The van der Waals surface area contributed by atoms with Gasteiger partial charge in [-0.1, -0.05) is 41.3 Å². The molecule has 0 radical (unpaired) electrons. The van der Waals surface area contributed by atoms with Gasteiger partial charge >= 0.3 is 0 Å². The van der Waals surface area contributed by atoms with Crippen LogP contribution in [0.15, 0.2) is 23.4 Å². The molecular formula is C10H11Cl2NO. The van der Waals surface area contributed by atoms with Gasteiger partial charge in [-0.05, 0) is 18.6 Å². The smallest absolute Gasteiger partial charge is 0.106 e. The summed E-state index contributed by atoms with van der Waals surface area (Å²) in [6.45, 7) is 2.00. The highest BCUT2D eigenvalue weighted by molar-refractivity contribution is 6.42. The Morgan fingerprint density at radius 2 is 2.07 bits per heavy atom. The van der Waals surface area contributed by atoms with Crippen LogP contribution in [-0.4, -0.2) is 12.8 Å². The first-order valence-corrected chi connectivity index (χ1v) is 5.00. The van der Waals surface area contributed by atoms with E-state index in [1.807, 2.05) is 13.0 Å². The van der Waals surface area contributed by atoms with Crippen LogP contribution in [0.2, 0.25) is 10.0 Å². The second kappa shape index (κ2) is 5.23. The molecule has 0 fully saturated rings. The summed E-state index contributed by atoms with van der Waals surface area (Å²) in [5.74, 6) is 0. The Kier molecular flexibility index (Phi) is 4.23. The highest BCUT2D eigenvalue weighted by Crippen LogP contribution is 2.23. The lowest BCUT2D eigenvalue weighted by atomic mass is 10.1. The fourth-order valence-electron chi connectivity index (χ4n) is 1.11. The number of benzene rings is 1. The standard InChI is InChI=1S/C10H11Cl2NO/c1-3-10(13-14-2)7-4-5-8(11)9(12)6-7/h4-6H,3H2,1-2H3/b13-10+. The number of hydrogen-bond acceptors (Lipinski definition) is 2. The minimum Gasteiger partial charge on any atom is -0.399 e. The molecule has 1 aromatic carbocycles. The first-order valence-electron chi connectivity index (χ1n) is 4.24. The maximum atomic E-state index is 5.89. The van der Waals surface area contributed by atoms with Gasteiger partial charge in [-0.2, -0.15) is 0 Å². The highest BCUT2D eigenvalue weighted by Gasteiger charge is 2.04. The Morgan fingerprint density at radius 3 is 2.57 bits per heavy atom. The molecule has 0 aromatic heterocycles. The minimum atomic E-state index is 0.529. The summed E-state index contributed by atoms with van der Waals surface area (Å²) in [6, 6.07) is 5.40. The van der Waals surface area contributed by atoms with Gasteiger partial charge < -0.3 is 4.84 Å². The van der Waals surface area contributed by atoms with Crippen molar-refractivity contribution < 1.29 is 4.84 Å². The van der Waals surface area contributed by atoms with Gasteiger partial charge in [0.05, 0.1) is 15.8 Å². The maximum absolute atomic E-state index is 5.89. The van der Waals surface area contributed by atoms with Crippen LogP contribution in [0.3, 0.4) is 0 Å². The van der Waals surface area contributed by atoms with Gasteiger partial charge in [0.2, 0.25) is 0 Å². The third-order valence-corrected chi connectivity index (χ3v) is 2.53. The lowest BCUT2D eigenvalue weighted by Gasteiger charge is -2.04. The van der Waals surface area contributed by atoms with Crippen molar-refractivity contribution in [1.82, 2.24) is 0 Å². The molecule has 2 nitrogen and oxygen atoms in total. The van der Waals surface area contributed by atoms with E-state index < -0.39 is 0 Å². The van der Waals surface area contributed by atoms with Crippen LogP contribution in [0.4, 0.5) is 0 Å². The van der Waals surface area contributed by atoms with Crippen LogP contribution >= 0.6 is 23.2 Å². The summed E-state index contributed by atoms with van der Waals surface area (Å²) >= 11 is 11.7. The molecule has 0 bridgehead atoms. The second-order valence-electron chi connectivity index (χ2n) is 2.70. The topological polar surface area (TPSA) is 21.6 Å². The van der Waals surface area contributed by atoms with Crippen LogP contribution in [0.1, 0.15) is 18.9 Å². The second-order valence-corrected chi connectivity index (χ2v) is 3.52. The summed E-state index contributed by atoms with van der Waals surface area (Å²) in [6.07, 6.45) is 0.784. The predicted octanol–water partition coefficient (Wildman–Crippen LogP) is 3.75. The maximum Gasteiger partial charge on any atom is 0.106 e. The average Bonchev–Trinajstić information content (AvgIpc) is 2.19. The quantitative estimate of drug-likeness (QED) is 0.574. The number of hydrogen-bond donors (Lipinski definition) is 0. The molecule has 0 aliphatic rings. The normalized spacial score (nSPS) is 11.6. The first-order chi connectivity index (χ1) is 6.69. The van der Waals surface area contributed by atoms with Crippen molar-refractivity contribution in [2.24, 2.45) is 5.16 Å². The van der Waals surface area contributed by atoms with Gasteiger partial charge in [-0.3, -0.25) is 0 Å². The predicted molar refractivity (Wildman–Crippen MR) is 60.3 cm³/mol. The number of halogens is 2. The van der Waals surface area contributed by atoms with Gasteiger partial charge in [0, 0.05) is 5.56 Å². The van der Waals surface area contributed by atoms with Gasteiger partial charge in [0.25, 0.3) is 0 Å². The van der Waals surface area contributed by atoms with Gasteiger partial charge in [-0.15, -0.1) is 0 Å². The number of oxime groups is 1. The summed E-state index contributed by atoms with van der Waals surface area (Å²) in [7, 11) is 1.52. The van der Waals surface area contributed by atoms with Gasteiger partial charge in [0.1, 0.15) is 7.11 Å². The van der Waals surface area contributed by atoms with Crippen molar-refractivity contribution in [3.05, 3.63) is 33.8 Å². The molecule has 0 heterocycles. The first kappa shape index (κ1) is 11.3. The molecule has 1 aromatic rings. The van der Waals surface area contributed by atoms with E-state index in [1.54, 1.807) is 12.1 Å². The molecule has 4 heteroatoms. The van der Waals surface area contributed by atoms with Crippen LogP contribution in [0.25, 0.3) is 0 Å². The summed E-state index contributed by atoms with van der Waals surface area (Å²) in [5, 5.41) is 4.97. The molecular weight excluding hydrogens is 221 g/mol. The van der Waals surface area contributed by atoms with E-state index >= 15 is 0 Å². The molecule has 0 atom stereocenters. The van der Waals surface area contributed by atoms with Crippen molar-refractivity contribution in [2.45, 2.75) is 13.3 Å². The Balaban J connectivity index is 3.06. The SMILES string of the molecule is CC/C(=N\OC)c1ccc(Cl)c(Cl)c1. The zero-order chi connectivity index (χ0) is 10.6. The Labute approximate surface area is 93.5 Å². The van der Waals surface area contributed by atoms with E-state index in [0.29, 0.717) is 10.0 Å². The van der Waals surface area contributed by atoms with Crippen molar-refractivity contribution in [3.63, 3.8) is 0 Å². The molecule has 14 heavy (non-hydrogen) atoms. The van der Waals surface area contributed by atoms with Crippen LogP contribution in [0.5, 0.6) is 0 Å². The Bertz CT molecular complexity index is 350. The third-order valence-electron chi connectivity index (χ3n) is 1.79. The molecule has 76 valence electrons. The van der Waals surface area contributed by atoms with E-state index in [2.05, 4.69) is 5.16 Å². The van der Waals surface area contributed by atoms with Crippen LogP contribution in [0, 0.1) is 0 Å². The largest absolute Gasteiger partial charge is 0.399 e. The van der Waals surface area contributed by atoms with E-state index in [9.17, 15) is 0 Å². The fourth-order valence-corrected chi connectivity index (χ4v) is 1.41. The third kappa shape index (κ3) is 2.63. The number of nitrogens with zero attached hydrogens (tertiary/aromatic N) is 1. The van der Waals surface area contributed by atoms with Crippen LogP contribution < -0.4 is 0 Å². The van der Waals surface area contributed by atoms with E-state index in [1.165, 1.54) is 7.11 Å². The lowest BCUT2D eigenvalue weighted by molar-refractivity contribution is 0.213. The molecule has 0 unspecified atom stereocenters. The lowest BCUT2D eigenvalue weighted by Crippen LogP contribution is -1.99. The van der Waals surface area contributed by atoms with E-state index in [0.717, 1.165) is 17.7 Å². The van der Waals surface area contributed by atoms with Crippen molar-refractivity contribution in [2.75, 3.05) is 7.11 Å². The van der Waals surface area contributed by atoms with E-state index in [-0.39, 0.29) is 0 Å². The Hall–Kier alpha value is -0.730. The molecule has 0 spiro atoms. The molecule has 0 amide bonds. The molecule has 0 N–H and O–H groups in total. The van der Waals surface area contributed by atoms with Crippen molar-refractivity contribution in [1.29, 1.82) is 0 Å². The Morgan fingerprint density at radius 1 is 1.36 bits per heavy atom. The summed E-state index contributed by atoms with van der Waals surface area (Å²) < 4.78 is 0. The summed E-state index contributed by atoms with van der Waals surface area (Å²) in [5.41, 5.74) is 1.79. The molecule has 0 saturated heterocycles. The zero-order valence-electron chi connectivity index (χ0n) is 8.05. The van der Waals surface area contributed by atoms with Gasteiger partial charge in [0.15, 0.2) is 0 Å². The molecule has 1 rings (SSSR count). The molecule has 0 aliphatic carbocycles. The van der Waals surface area contributed by atoms with Crippen LogP contribution in [-0.2, 0) is 4.84 Å². The van der Waals surface area contributed by atoms with Crippen molar-refractivity contribution in [3.8, 4) is 0 Å².